The van der Waals surface area contributed by atoms with Crippen LogP contribution in [0.4, 0.5) is 0 Å². The van der Waals surface area contributed by atoms with Crippen molar-refractivity contribution < 1.29 is 14.6 Å². The van der Waals surface area contributed by atoms with Crippen LogP contribution >= 0.6 is 0 Å². The summed E-state index contributed by atoms with van der Waals surface area (Å²) in [4.78, 5) is 10.4. The molecule has 1 aliphatic carbocycles. The number of carboxylic acids is 1. The molecule has 0 radical (unpaired) electrons. The van der Waals surface area contributed by atoms with Gasteiger partial charge in [-0.1, -0.05) is 0 Å². The van der Waals surface area contributed by atoms with E-state index in [0.717, 1.165) is 19.3 Å². The molecule has 10 heavy (non-hydrogen) atoms. The van der Waals surface area contributed by atoms with Gasteiger partial charge in [0, 0.05) is 0 Å². The summed E-state index contributed by atoms with van der Waals surface area (Å²) in [5.74, 6) is -0.802. The summed E-state index contributed by atoms with van der Waals surface area (Å²) in [6.45, 7) is 0. The number of carbonyl (C=O) groups is 1. The summed E-state index contributed by atoms with van der Waals surface area (Å²) in [7, 11) is 0. The molecule has 1 atom stereocenters. The highest BCUT2D eigenvalue weighted by molar-refractivity contribution is 5.72. The highest BCUT2D eigenvalue weighted by Gasteiger charge is 2.51. The van der Waals surface area contributed by atoms with Crippen molar-refractivity contribution in [1.82, 2.24) is 0 Å². The minimum Gasteiger partial charge on any atom is -0.479 e. The second-order valence-electron chi connectivity index (χ2n) is 3.17. The van der Waals surface area contributed by atoms with Crippen molar-refractivity contribution in [3.63, 3.8) is 0 Å². The largest absolute Gasteiger partial charge is 0.479 e. The molecule has 0 amide bonds. The molecule has 1 spiro atoms. The first-order valence-electron chi connectivity index (χ1n) is 3.63. The van der Waals surface area contributed by atoms with Gasteiger partial charge in [0.2, 0.25) is 0 Å². The molecule has 3 heteroatoms. The molecule has 3 nitrogen and oxygen atoms in total. The van der Waals surface area contributed by atoms with Crippen LogP contribution in [0.1, 0.15) is 25.7 Å². The Labute approximate surface area is 59.0 Å². The van der Waals surface area contributed by atoms with Gasteiger partial charge in [0.05, 0.1) is 5.60 Å². The Morgan fingerprint density at radius 1 is 1.50 bits per heavy atom. The fourth-order valence-corrected chi connectivity index (χ4v) is 1.49. The molecule has 1 saturated heterocycles. The lowest BCUT2D eigenvalue weighted by Gasteiger charge is -2.06. The molecule has 0 aromatic heterocycles. The van der Waals surface area contributed by atoms with Gasteiger partial charge < -0.3 is 9.84 Å². The van der Waals surface area contributed by atoms with E-state index in [2.05, 4.69) is 0 Å². The second-order valence-corrected chi connectivity index (χ2v) is 3.17. The Bertz CT molecular complexity index is 172. The predicted molar refractivity (Wildman–Crippen MR) is 33.7 cm³/mol. The van der Waals surface area contributed by atoms with Gasteiger partial charge >= 0.3 is 5.97 Å². The highest BCUT2D eigenvalue weighted by Crippen LogP contribution is 2.49. The smallest absolute Gasteiger partial charge is 0.332 e. The summed E-state index contributed by atoms with van der Waals surface area (Å²) in [5, 5.41) is 8.55. The highest BCUT2D eigenvalue weighted by atomic mass is 16.5. The van der Waals surface area contributed by atoms with Crippen molar-refractivity contribution in [3.8, 4) is 0 Å². The molecule has 0 aromatic carbocycles. The third-order valence-electron chi connectivity index (χ3n) is 2.34. The predicted octanol–water partition coefficient (Wildman–Crippen LogP) is 0.783. The summed E-state index contributed by atoms with van der Waals surface area (Å²) < 4.78 is 5.32. The fraction of sp³-hybridized carbons (Fsp3) is 0.857. The van der Waals surface area contributed by atoms with Crippen molar-refractivity contribution >= 4 is 5.97 Å². The standard InChI is InChI=1S/C7H10O3/c8-6(9)5-1-2-7(10-5)3-4-7/h5H,1-4H2,(H,8,9). The molecule has 2 aliphatic rings. The lowest BCUT2D eigenvalue weighted by atomic mass is 10.2. The molecular formula is C7H10O3. The van der Waals surface area contributed by atoms with Gasteiger partial charge in [0.1, 0.15) is 0 Å². The van der Waals surface area contributed by atoms with E-state index in [1.807, 2.05) is 0 Å². The van der Waals surface area contributed by atoms with Crippen molar-refractivity contribution in [3.05, 3.63) is 0 Å². The van der Waals surface area contributed by atoms with Crippen LogP contribution in [-0.2, 0) is 9.53 Å². The zero-order valence-corrected chi connectivity index (χ0v) is 5.67. The number of hydrogen-bond acceptors (Lipinski definition) is 2. The Kier molecular flexibility index (Phi) is 1.06. The minimum atomic E-state index is -0.802. The molecule has 1 saturated carbocycles. The fourth-order valence-electron chi connectivity index (χ4n) is 1.49. The van der Waals surface area contributed by atoms with Gasteiger partial charge in [0.25, 0.3) is 0 Å². The first-order valence-corrected chi connectivity index (χ1v) is 3.63. The SMILES string of the molecule is O=C(O)C1CCC2(CC2)O1. The summed E-state index contributed by atoms with van der Waals surface area (Å²) in [6, 6.07) is 0. The molecule has 56 valence electrons. The van der Waals surface area contributed by atoms with E-state index in [0.29, 0.717) is 6.42 Å². The van der Waals surface area contributed by atoms with Crippen molar-refractivity contribution in [2.75, 3.05) is 0 Å². The van der Waals surface area contributed by atoms with E-state index < -0.39 is 12.1 Å². The van der Waals surface area contributed by atoms with Crippen molar-refractivity contribution in [2.24, 2.45) is 0 Å². The number of ether oxygens (including phenoxy) is 1. The van der Waals surface area contributed by atoms with Crippen molar-refractivity contribution in [2.45, 2.75) is 37.4 Å². The second kappa shape index (κ2) is 1.72. The average molecular weight is 142 g/mol. The maximum Gasteiger partial charge on any atom is 0.332 e. The van der Waals surface area contributed by atoms with E-state index in [9.17, 15) is 4.79 Å². The van der Waals surface area contributed by atoms with Crippen molar-refractivity contribution in [1.29, 1.82) is 0 Å². The van der Waals surface area contributed by atoms with Crippen LogP contribution in [0.25, 0.3) is 0 Å². The Balaban J connectivity index is 1.99. The van der Waals surface area contributed by atoms with E-state index in [4.69, 9.17) is 9.84 Å². The maximum absolute atomic E-state index is 10.4. The molecule has 1 unspecified atom stereocenters. The zero-order chi connectivity index (χ0) is 7.19. The normalized spacial score (nSPS) is 34.6. The molecule has 0 aromatic rings. The van der Waals surface area contributed by atoms with Crippen LogP contribution in [-0.4, -0.2) is 22.8 Å². The molecular weight excluding hydrogens is 132 g/mol. The summed E-state index contributed by atoms with van der Waals surface area (Å²) >= 11 is 0. The van der Waals surface area contributed by atoms with E-state index >= 15 is 0 Å². The first kappa shape index (κ1) is 6.16. The maximum atomic E-state index is 10.4. The Hall–Kier alpha value is -0.570. The van der Waals surface area contributed by atoms with Gasteiger partial charge in [-0.3, -0.25) is 0 Å². The summed E-state index contributed by atoms with van der Waals surface area (Å²) in [6.07, 6.45) is 3.27. The van der Waals surface area contributed by atoms with Gasteiger partial charge in [-0.2, -0.15) is 0 Å². The van der Waals surface area contributed by atoms with E-state index in [-0.39, 0.29) is 5.60 Å². The topological polar surface area (TPSA) is 46.5 Å². The minimum absolute atomic E-state index is 0.0169. The Morgan fingerprint density at radius 2 is 2.20 bits per heavy atom. The quantitative estimate of drug-likeness (QED) is 0.588. The van der Waals surface area contributed by atoms with Gasteiger partial charge in [-0.15, -0.1) is 0 Å². The number of hydrogen-bond donors (Lipinski definition) is 1. The van der Waals surface area contributed by atoms with Crippen LogP contribution in [0, 0.1) is 0 Å². The lowest BCUT2D eigenvalue weighted by Crippen LogP contribution is -2.20. The van der Waals surface area contributed by atoms with Gasteiger partial charge in [-0.25, -0.2) is 4.79 Å². The lowest BCUT2D eigenvalue weighted by molar-refractivity contribution is -0.150. The van der Waals surface area contributed by atoms with Crippen LogP contribution < -0.4 is 0 Å². The summed E-state index contributed by atoms with van der Waals surface area (Å²) in [5.41, 5.74) is 0.0169. The number of aliphatic carboxylic acids is 1. The van der Waals surface area contributed by atoms with Crippen LogP contribution in [0.2, 0.25) is 0 Å². The molecule has 1 N–H and O–H groups in total. The third kappa shape index (κ3) is 0.814. The average Bonchev–Trinajstić information content (AvgIpc) is 2.41. The Morgan fingerprint density at radius 3 is 2.50 bits per heavy atom. The van der Waals surface area contributed by atoms with Crippen LogP contribution in [0.5, 0.6) is 0 Å². The van der Waals surface area contributed by atoms with E-state index in [1.54, 1.807) is 0 Å². The first-order chi connectivity index (χ1) is 4.72. The van der Waals surface area contributed by atoms with Crippen LogP contribution in [0.3, 0.4) is 0 Å². The van der Waals surface area contributed by atoms with Gasteiger partial charge in [0.15, 0.2) is 6.10 Å². The molecule has 1 aliphatic heterocycles. The number of carboxylic acid groups (broad SMARTS) is 1. The number of rotatable bonds is 1. The molecule has 0 bridgehead atoms. The molecule has 2 rings (SSSR count). The monoisotopic (exact) mass is 142 g/mol. The van der Waals surface area contributed by atoms with E-state index in [1.165, 1.54) is 0 Å². The van der Waals surface area contributed by atoms with Crippen LogP contribution in [0.15, 0.2) is 0 Å². The molecule has 1 heterocycles. The van der Waals surface area contributed by atoms with Gasteiger partial charge in [-0.05, 0) is 25.7 Å². The zero-order valence-electron chi connectivity index (χ0n) is 5.67. The molecule has 2 fully saturated rings. The third-order valence-corrected chi connectivity index (χ3v) is 2.34.